The molecule has 1 aromatic carbocycles. The van der Waals surface area contributed by atoms with Gasteiger partial charge >= 0.3 is 5.97 Å². The molecule has 0 unspecified atom stereocenters. The number of fused-ring (bicyclic) bond motifs is 1. The van der Waals surface area contributed by atoms with Crippen molar-refractivity contribution in [2.24, 2.45) is 0 Å². The summed E-state index contributed by atoms with van der Waals surface area (Å²) in [7, 11) is 0. The average Bonchev–Trinajstić information content (AvgIpc) is 2.92. The quantitative estimate of drug-likeness (QED) is 0.691. The van der Waals surface area contributed by atoms with Gasteiger partial charge < -0.3 is 9.26 Å². The highest BCUT2D eigenvalue weighted by atomic mass is 16.5. The first kappa shape index (κ1) is 14.3. The average molecular weight is 296 g/mol. The smallest absolute Gasteiger partial charge is 0.338 e. The predicted octanol–water partition coefficient (Wildman–Crippen LogP) is 3.30. The zero-order chi connectivity index (χ0) is 15.5. The van der Waals surface area contributed by atoms with E-state index < -0.39 is 0 Å². The van der Waals surface area contributed by atoms with Crippen LogP contribution in [0, 0.1) is 6.92 Å². The summed E-state index contributed by atoms with van der Waals surface area (Å²) >= 11 is 0. The van der Waals surface area contributed by atoms with Crippen molar-refractivity contribution in [2.75, 3.05) is 6.61 Å². The van der Waals surface area contributed by atoms with Gasteiger partial charge in [-0.3, -0.25) is 4.98 Å². The number of esters is 1. The van der Waals surface area contributed by atoms with Gasteiger partial charge in [0.05, 0.1) is 23.4 Å². The number of hydrogen-bond donors (Lipinski definition) is 0. The number of carbonyl (C=O) groups excluding carboxylic acids is 1. The Hall–Kier alpha value is -2.69. The van der Waals surface area contributed by atoms with Gasteiger partial charge in [-0.1, -0.05) is 11.2 Å². The van der Waals surface area contributed by atoms with Crippen molar-refractivity contribution in [1.29, 1.82) is 0 Å². The van der Waals surface area contributed by atoms with Crippen molar-refractivity contribution in [1.82, 2.24) is 10.1 Å². The molecule has 0 saturated heterocycles. The molecule has 112 valence electrons. The Morgan fingerprint density at radius 1 is 1.27 bits per heavy atom. The SMILES string of the molecule is CCOC(=O)c1ccnc2ccc(Cc3cc(C)on3)cc12. The zero-order valence-corrected chi connectivity index (χ0v) is 12.5. The van der Waals surface area contributed by atoms with Crippen LogP contribution in [-0.2, 0) is 11.2 Å². The van der Waals surface area contributed by atoms with E-state index in [-0.39, 0.29) is 5.97 Å². The molecule has 5 heteroatoms. The molecule has 0 atom stereocenters. The normalized spacial score (nSPS) is 10.8. The van der Waals surface area contributed by atoms with Crippen LogP contribution < -0.4 is 0 Å². The summed E-state index contributed by atoms with van der Waals surface area (Å²) in [5, 5.41) is 4.79. The molecule has 2 aromatic heterocycles. The van der Waals surface area contributed by atoms with Gasteiger partial charge in [0, 0.05) is 24.1 Å². The topological polar surface area (TPSA) is 65.2 Å². The van der Waals surface area contributed by atoms with Crippen LogP contribution in [0.2, 0.25) is 0 Å². The van der Waals surface area contributed by atoms with Crippen LogP contribution in [0.3, 0.4) is 0 Å². The largest absolute Gasteiger partial charge is 0.462 e. The Labute approximate surface area is 127 Å². The van der Waals surface area contributed by atoms with Crippen molar-refractivity contribution in [2.45, 2.75) is 20.3 Å². The molecule has 0 fully saturated rings. The van der Waals surface area contributed by atoms with Crippen LogP contribution >= 0.6 is 0 Å². The maximum absolute atomic E-state index is 12.1. The second-order valence-corrected chi connectivity index (χ2v) is 5.04. The highest BCUT2D eigenvalue weighted by molar-refractivity contribution is 6.03. The fourth-order valence-corrected chi connectivity index (χ4v) is 2.40. The second-order valence-electron chi connectivity index (χ2n) is 5.04. The van der Waals surface area contributed by atoms with E-state index in [4.69, 9.17) is 9.26 Å². The van der Waals surface area contributed by atoms with Crippen LogP contribution in [-0.4, -0.2) is 22.7 Å². The Balaban J connectivity index is 2.00. The lowest BCUT2D eigenvalue weighted by Crippen LogP contribution is -2.06. The molecule has 0 spiro atoms. The summed E-state index contributed by atoms with van der Waals surface area (Å²) < 4.78 is 10.2. The minimum absolute atomic E-state index is 0.329. The molecule has 0 N–H and O–H groups in total. The van der Waals surface area contributed by atoms with Crippen LogP contribution in [0.4, 0.5) is 0 Å². The number of aromatic nitrogens is 2. The van der Waals surface area contributed by atoms with E-state index in [2.05, 4.69) is 10.1 Å². The number of pyridine rings is 1. The summed E-state index contributed by atoms with van der Waals surface area (Å²) in [4.78, 5) is 16.3. The van der Waals surface area contributed by atoms with Crippen LogP contribution in [0.5, 0.6) is 0 Å². The lowest BCUT2D eigenvalue weighted by atomic mass is 10.0. The number of aryl methyl sites for hydroxylation is 1. The van der Waals surface area contributed by atoms with Crippen LogP contribution in [0.1, 0.15) is 34.3 Å². The van der Waals surface area contributed by atoms with E-state index in [0.29, 0.717) is 18.6 Å². The molecule has 5 nitrogen and oxygen atoms in total. The van der Waals surface area contributed by atoms with Gasteiger partial charge in [-0.15, -0.1) is 0 Å². The third kappa shape index (κ3) is 2.83. The highest BCUT2D eigenvalue weighted by Crippen LogP contribution is 2.21. The van der Waals surface area contributed by atoms with Gasteiger partial charge in [-0.05, 0) is 37.6 Å². The molecule has 3 rings (SSSR count). The van der Waals surface area contributed by atoms with Gasteiger partial charge in [0.1, 0.15) is 5.76 Å². The van der Waals surface area contributed by atoms with Crippen molar-refractivity contribution < 1.29 is 14.1 Å². The molecule has 0 radical (unpaired) electrons. The van der Waals surface area contributed by atoms with Gasteiger partial charge in [0.25, 0.3) is 0 Å². The Kier molecular flexibility index (Phi) is 3.87. The van der Waals surface area contributed by atoms with E-state index >= 15 is 0 Å². The number of hydrogen-bond acceptors (Lipinski definition) is 5. The van der Waals surface area contributed by atoms with E-state index in [9.17, 15) is 4.79 Å². The third-order valence-electron chi connectivity index (χ3n) is 3.36. The standard InChI is InChI=1S/C17H16N2O3/c1-3-21-17(20)14-6-7-18-16-5-4-12(10-15(14)16)9-13-8-11(2)22-19-13/h4-8,10H,3,9H2,1-2H3. The first-order valence-corrected chi connectivity index (χ1v) is 7.14. The van der Waals surface area contributed by atoms with Gasteiger partial charge in [-0.25, -0.2) is 4.79 Å². The number of rotatable bonds is 4. The maximum Gasteiger partial charge on any atom is 0.338 e. The third-order valence-corrected chi connectivity index (χ3v) is 3.36. The van der Waals surface area contributed by atoms with Gasteiger partial charge in [0.2, 0.25) is 0 Å². The monoisotopic (exact) mass is 296 g/mol. The number of ether oxygens (including phenoxy) is 1. The first-order chi connectivity index (χ1) is 10.7. The molecular weight excluding hydrogens is 280 g/mol. The molecular formula is C17H16N2O3. The van der Waals surface area contributed by atoms with E-state index in [1.807, 2.05) is 31.2 Å². The number of nitrogens with zero attached hydrogens (tertiary/aromatic N) is 2. The second kappa shape index (κ2) is 5.97. The summed E-state index contributed by atoms with van der Waals surface area (Å²) in [6, 6.07) is 9.43. The minimum Gasteiger partial charge on any atom is -0.462 e. The van der Waals surface area contributed by atoms with E-state index in [1.54, 1.807) is 19.2 Å². The highest BCUT2D eigenvalue weighted by Gasteiger charge is 2.12. The molecule has 22 heavy (non-hydrogen) atoms. The fraction of sp³-hybridized carbons (Fsp3) is 0.235. The Morgan fingerprint density at radius 2 is 2.14 bits per heavy atom. The molecule has 0 bridgehead atoms. The summed E-state index contributed by atoms with van der Waals surface area (Å²) in [5.74, 6) is 0.453. The van der Waals surface area contributed by atoms with E-state index in [0.717, 1.165) is 27.9 Å². The lowest BCUT2D eigenvalue weighted by Gasteiger charge is -2.07. The van der Waals surface area contributed by atoms with Crippen molar-refractivity contribution >= 4 is 16.9 Å². The number of benzene rings is 1. The van der Waals surface area contributed by atoms with Crippen LogP contribution in [0.25, 0.3) is 10.9 Å². The Morgan fingerprint density at radius 3 is 2.86 bits per heavy atom. The molecule has 0 aliphatic carbocycles. The molecule has 0 saturated carbocycles. The van der Waals surface area contributed by atoms with E-state index in [1.165, 1.54) is 0 Å². The van der Waals surface area contributed by atoms with Gasteiger partial charge in [0.15, 0.2) is 0 Å². The molecule has 0 aliphatic rings. The maximum atomic E-state index is 12.1. The van der Waals surface area contributed by atoms with Crippen molar-refractivity contribution in [3.8, 4) is 0 Å². The first-order valence-electron chi connectivity index (χ1n) is 7.14. The van der Waals surface area contributed by atoms with Crippen molar-refractivity contribution in [3.05, 3.63) is 59.1 Å². The molecule has 2 heterocycles. The molecule has 0 aliphatic heterocycles. The van der Waals surface area contributed by atoms with Crippen LogP contribution in [0.15, 0.2) is 41.1 Å². The summed E-state index contributed by atoms with van der Waals surface area (Å²) in [5.41, 5.74) is 3.20. The lowest BCUT2D eigenvalue weighted by molar-refractivity contribution is 0.0528. The molecule has 0 amide bonds. The summed E-state index contributed by atoms with van der Waals surface area (Å²) in [6.07, 6.45) is 2.26. The number of carbonyl (C=O) groups is 1. The minimum atomic E-state index is -0.329. The Bertz CT molecular complexity index is 824. The summed E-state index contributed by atoms with van der Waals surface area (Å²) in [6.45, 7) is 4.00. The fourth-order valence-electron chi connectivity index (χ4n) is 2.40. The molecule has 3 aromatic rings. The van der Waals surface area contributed by atoms with Gasteiger partial charge in [-0.2, -0.15) is 0 Å². The predicted molar refractivity (Wildman–Crippen MR) is 81.7 cm³/mol. The van der Waals surface area contributed by atoms with Crippen molar-refractivity contribution in [3.63, 3.8) is 0 Å². The zero-order valence-electron chi connectivity index (χ0n) is 12.5.